The van der Waals surface area contributed by atoms with Crippen LogP contribution in [0.15, 0.2) is 12.2 Å². The van der Waals surface area contributed by atoms with Crippen molar-refractivity contribution in [1.82, 2.24) is 4.90 Å². The van der Waals surface area contributed by atoms with Gasteiger partial charge < -0.3 is 10.6 Å². The zero-order valence-electron chi connectivity index (χ0n) is 8.71. The van der Waals surface area contributed by atoms with Gasteiger partial charge in [0.15, 0.2) is 0 Å². The number of halogens is 1. The summed E-state index contributed by atoms with van der Waals surface area (Å²) >= 11 is 1.77. The van der Waals surface area contributed by atoms with Crippen LogP contribution in [0.2, 0.25) is 0 Å². The lowest BCUT2D eigenvalue weighted by Crippen LogP contribution is -2.19. The summed E-state index contributed by atoms with van der Waals surface area (Å²) in [6, 6.07) is 0. The average molecular weight is 310 g/mol. The number of hydrogen-bond acceptors (Lipinski definition) is 3. The fourth-order valence-electron chi connectivity index (χ4n) is 1.12. The second-order valence-electron chi connectivity index (χ2n) is 3.32. The molecule has 0 aromatic carbocycles. The third-order valence-corrected chi connectivity index (χ3v) is 2.27. The number of allylic oxidation sites excluding steroid dienone is 1. The molecular weight excluding hydrogens is 291 g/mol. The first kappa shape index (κ1) is 14.1. The molecule has 82 valence electrons. The summed E-state index contributed by atoms with van der Waals surface area (Å²) in [5, 5.41) is 0. The highest BCUT2D eigenvalue weighted by Gasteiger charge is 1.95. The number of likely N-dealkylation sites (N-methyl/N-ethyl adjacent to an activating group) is 1. The Morgan fingerprint density at radius 3 is 2.71 bits per heavy atom. The van der Waals surface area contributed by atoms with Crippen molar-refractivity contribution in [2.24, 2.45) is 5.73 Å². The zero-order chi connectivity index (χ0) is 10.8. The van der Waals surface area contributed by atoms with E-state index < -0.39 is 0 Å². The lowest BCUT2D eigenvalue weighted by atomic mass is 10.2. The van der Waals surface area contributed by atoms with E-state index in [1.165, 1.54) is 12.8 Å². The first-order chi connectivity index (χ1) is 6.66. The predicted molar refractivity (Wildman–Crippen MR) is 68.6 cm³/mol. The molecule has 0 spiro atoms. The maximum atomic E-state index is 10.6. The fraction of sp³-hybridized carbons (Fsp3) is 0.700. The highest BCUT2D eigenvalue weighted by Crippen LogP contribution is 1.96. The highest BCUT2D eigenvalue weighted by atomic mass is 127. The molecule has 0 heterocycles. The topological polar surface area (TPSA) is 46.3 Å². The van der Waals surface area contributed by atoms with Crippen LogP contribution in [0, 0.1) is 0 Å². The summed E-state index contributed by atoms with van der Waals surface area (Å²) in [5.74, 6) is 0. The molecule has 0 bridgehead atoms. The number of nitrogens with zero attached hydrogens (tertiary/aromatic N) is 1. The van der Waals surface area contributed by atoms with Crippen LogP contribution < -0.4 is 5.73 Å². The Morgan fingerprint density at radius 2 is 2.14 bits per heavy atom. The summed E-state index contributed by atoms with van der Waals surface area (Å²) in [5.41, 5.74) is 5.40. The van der Waals surface area contributed by atoms with Crippen molar-refractivity contribution < 1.29 is 4.79 Å². The van der Waals surface area contributed by atoms with Crippen LogP contribution in [0.4, 0.5) is 0 Å². The largest absolute Gasteiger partial charge is 0.330 e. The van der Waals surface area contributed by atoms with Gasteiger partial charge in [-0.2, -0.15) is 0 Å². The second-order valence-corrected chi connectivity index (χ2v) is 4.38. The Hall–Kier alpha value is 0.0600. The standard InChI is InChI=1S/C10H19IN2O/c1-13(8-4-2-3-7-12)9-5-6-10(11)14/h5-6H,2-4,7-9,12H2,1H3/b6-5+. The molecule has 0 atom stereocenters. The van der Waals surface area contributed by atoms with E-state index in [1.54, 1.807) is 28.7 Å². The molecule has 0 saturated carbocycles. The number of carbonyl (C=O) groups excluding carboxylic acids is 1. The smallest absolute Gasteiger partial charge is 0.214 e. The molecule has 0 rings (SSSR count). The quantitative estimate of drug-likeness (QED) is 0.320. The summed E-state index contributed by atoms with van der Waals surface area (Å²) in [7, 11) is 2.06. The minimum atomic E-state index is 0.0825. The molecule has 0 aromatic heterocycles. The van der Waals surface area contributed by atoms with Gasteiger partial charge in [0.25, 0.3) is 0 Å². The Balaban J connectivity index is 3.36. The van der Waals surface area contributed by atoms with Crippen LogP contribution in [-0.2, 0) is 4.79 Å². The summed E-state index contributed by atoms with van der Waals surface area (Å²) < 4.78 is 0.0825. The Labute approximate surface area is 99.9 Å². The summed E-state index contributed by atoms with van der Waals surface area (Å²) in [4.78, 5) is 12.8. The van der Waals surface area contributed by atoms with Crippen molar-refractivity contribution in [3.05, 3.63) is 12.2 Å². The molecule has 2 N–H and O–H groups in total. The van der Waals surface area contributed by atoms with Crippen molar-refractivity contribution in [2.75, 3.05) is 26.7 Å². The van der Waals surface area contributed by atoms with Gasteiger partial charge >= 0.3 is 0 Å². The molecule has 0 aliphatic rings. The molecule has 0 aliphatic heterocycles. The van der Waals surface area contributed by atoms with Gasteiger partial charge in [-0.15, -0.1) is 0 Å². The molecule has 0 unspecified atom stereocenters. The van der Waals surface area contributed by atoms with Gasteiger partial charge in [0, 0.05) is 29.1 Å². The van der Waals surface area contributed by atoms with Crippen LogP contribution in [-0.4, -0.2) is 35.4 Å². The van der Waals surface area contributed by atoms with E-state index in [0.717, 1.165) is 26.1 Å². The summed E-state index contributed by atoms with van der Waals surface area (Å²) in [6.07, 6.45) is 6.99. The maximum absolute atomic E-state index is 10.6. The minimum absolute atomic E-state index is 0.0825. The molecule has 3 nitrogen and oxygen atoms in total. The van der Waals surface area contributed by atoms with E-state index in [-0.39, 0.29) is 3.79 Å². The lowest BCUT2D eigenvalue weighted by molar-refractivity contribution is -0.105. The van der Waals surface area contributed by atoms with E-state index in [0.29, 0.717) is 0 Å². The third-order valence-electron chi connectivity index (χ3n) is 1.91. The minimum Gasteiger partial charge on any atom is -0.330 e. The first-order valence-electron chi connectivity index (χ1n) is 4.91. The SMILES string of the molecule is CN(C/C=C/C(=O)I)CCCCCN. The van der Waals surface area contributed by atoms with Crippen molar-refractivity contribution in [3.63, 3.8) is 0 Å². The van der Waals surface area contributed by atoms with E-state index in [1.807, 2.05) is 6.08 Å². The molecule has 0 saturated heterocycles. The van der Waals surface area contributed by atoms with Gasteiger partial charge in [-0.05, 0) is 39.1 Å². The Kier molecular flexibility index (Phi) is 9.65. The van der Waals surface area contributed by atoms with E-state index in [9.17, 15) is 4.79 Å². The molecule has 0 fully saturated rings. The predicted octanol–water partition coefficient (Wildman–Crippen LogP) is 1.56. The van der Waals surface area contributed by atoms with Gasteiger partial charge in [-0.3, -0.25) is 4.79 Å². The van der Waals surface area contributed by atoms with Crippen LogP contribution in [0.1, 0.15) is 19.3 Å². The lowest BCUT2D eigenvalue weighted by Gasteiger charge is -2.13. The van der Waals surface area contributed by atoms with Crippen molar-refractivity contribution in [3.8, 4) is 0 Å². The van der Waals surface area contributed by atoms with Gasteiger partial charge in [0.1, 0.15) is 0 Å². The third kappa shape index (κ3) is 10.1. The second kappa shape index (κ2) is 9.61. The Morgan fingerprint density at radius 1 is 1.43 bits per heavy atom. The monoisotopic (exact) mass is 310 g/mol. The number of rotatable bonds is 8. The molecule has 4 heteroatoms. The highest BCUT2D eigenvalue weighted by molar-refractivity contribution is 14.1. The number of unbranched alkanes of at least 4 members (excludes halogenated alkanes) is 2. The number of hydrogen-bond donors (Lipinski definition) is 1. The number of carbonyl (C=O) groups is 1. The van der Waals surface area contributed by atoms with Crippen LogP contribution in [0.3, 0.4) is 0 Å². The van der Waals surface area contributed by atoms with Crippen molar-refractivity contribution in [1.29, 1.82) is 0 Å². The van der Waals surface area contributed by atoms with Gasteiger partial charge in [-0.25, -0.2) is 0 Å². The van der Waals surface area contributed by atoms with Crippen LogP contribution >= 0.6 is 22.6 Å². The molecule has 0 aliphatic carbocycles. The van der Waals surface area contributed by atoms with E-state index in [4.69, 9.17) is 5.73 Å². The van der Waals surface area contributed by atoms with E-state index in [2.05, 4.69) is 11.9 Å². The molecule has 0 radical (unpaired) electrons. The van der Waals surface area contributed by atoms with Crippen LogP contribution in [0.25, 0.3) is 0 Å². The van der Waals surface area contributed by atoms with Crippen molar-refractivity contribution in [2.45, 2.75) is 19.3 Å². The van der Waals surface area contributed by atoms with E-state index >= 15 is 0 Å². The molecular formula is C10H19IN2O. The summed E-state index contributed by atoms with van der Waals surface area (Å²) in [6.45, 7) is 2.70. The van der Waals surface area contributed by atoms with Crippen molar-refractivity contribution >= 4 is 26.4 Å². The average Bonchev–Trinajstić information content (AvgIpc) is 2.12. The fourth-order valence-corrected chi connectivity index (χ4v) is 1.37. The molecule has 0 aromatic rings. The number of nitrogens with two attached hydrogens (primary N) is 1. The van der Waals surface area contributed by atoms with Gasteiger partial charge in [0.2, 0.25) is 3.79 Å². The molecule has 14 heavy (non-hydrogen) atoms. The maximum Gasteiger partial charge on any atom is 0.214 e. The van der Waals surface area contributed by atoms with Gasteiger partial charge in [0.05, 0.1) is 0 Å². The normalized spacial score (nSPS) is 11.4. The Bertz CT molecular complexity index is 183. The van der Waals surface area contributed by atoms with Crippen LogP contribution in [0.5, 0.6) is 0 Å². The zero-order valence-corrected chi connectivity index (χ0v) is 10.9. The molecule has 0 amide bonds. The first-order valence-corrected chi connectivity index (χ1v) is 5.99. The van der Waals surface area contributed by atoms with Gasteiger partial charge in [-0.1, -0.05) is 12.5 Å².